The second-order valence-electron chi connectivity index (χ2n) is 2.31. The van der Waals surface area contributed by atoms with Crippen LogP contribution in [0.5, 0.6) is 0 Å². The molecule has 0 amide bonds. The van der Waals surface area contributed by atoms with E-state index in [-0.39, 0.29) is 6.10 Å². The molecular formula is C6H12O2S2. The first kappa shape index (κ1) is 8.56. The molecule has 0 aromatic heterocycles. The molecule has 1 aliphatic rings. The summed E-state index contributed by atoms with van der Waals surface area (Å²) in [7, 11) is 0. The van der Waals surface area contributed by atoms with Crippen LogP contribution in [0.3, 0.4) is 0 Å². The molecule has 0 aromatic carbocycles. The SMILES string of the molecule is CS(=O)OC1CCSCC1. The zero-order chi connectivity index (χ0) is 7.40. The van der Waals surface area contributed by atoms with Gasteiger partial charge < -0.3 is 0 Å². The van der Waals surface area contributed by atoms with Gasteiger partial charge in [0.15, 0.2) is 11.1 Å². The van der Waals surface area contributed by atoms with Crippen LogP contribution in [0.1, 0.15) is 12.8 Å². The molecule has 0 aliphatic carbocycles. The van der Waals surface area contributed by atoms with E-state index in [4.69, 9.17) is 4.18 Å². The average Bonchev–Trinajstić information content (AvgIpc) is 1.88. The van der Waals surface area contributed by atoms with Crippen LogP contribution in [-0.2, 0) is 15.3 Å². The molecular weight excluding hydrogens is 168 g/mol. The maximum absolute atomic E-state index is 10.6. The van der Waals surface area contributed by atoms with Crippen LogP contribution in [0.25, 0.3) is 0 Å². The van der Waals surface area contributed by atoms with Crippen LogP contribution in [-0.4, -0.2) is 28.1 Å². The van der Waals surface area contributed by atoms with Crippen LogP contribution in [0.4, 0.5) is 0 Å². The first-order valence-corrected chi connectivity index (χ1v) is 6.01. The van der Waals surface area contributed by atoms with E-state index in [1.54, 1.807) is 6.26 Å². The van der Waals surface area contributed by atoms with Crippen molar-refractivity contribution in [2.24, 2.45) is 0 Å². The van der Waals surface area contributed by atoms with E-state index in [2.05, 4.69) is 0 Å². The van der Waals surface area contributed by atoms with Crippen molar-refractivity contribution in [3.63, 3.8) is 0 Å². The van der Waals surface area contributed by atoms with Crippen LogP contribution in [0.2, 0.25) is 0 Å². The van der Waals surface area contributed by atoms with Crippen molar-refractivity contribution in [1.82, 2.24) is 0 Å². The number of rotatable bonds is 2. The van der Waals surface area contributed by atoms with Crippen molar-refractivity contribution >= 4 is 22.8 Å². The molecule has 0 N–H and O–H groups in total. The fourth-order valence-corrected chi connectivity index (χ4v) is 2.60. The summed E-state index contributed by atoms with van der Waals surface area (Å²) in [6.45, 7) is 0. The van der Waals surface area contributed by atoms with Gasteiger partial charge in [-0.3, -0.25) is 4.18 Å². The highest BCUT2D eigenvalue weighted by Crippen LogP contribution is 2.19. The summed E-state index contributed by atoms with van der Waals surface area (Å²) in [5.74, 6) is 2.31. The quantitative estimate of drug-likeness (QED) is 0.638. The monoisotopic (exact) mass is 180 g/mol. The Balaban J connectivity index is 2.19. The minimum atomic E-state index is -1.07. The molecule has 1 aliphatic heterocycles. The maximum atomic E-state index is 10.6. The lowest BCUT2D eigenvalue weighted by Crippen LogP contribution is -2.19. The third kappa shape index (κ3) is 3.03. The summed E-state index contributed by atoms with van der Waals surface area (Å²) in [5.41, 5.74) is 0. The van der Waals surface area contributed by atoms with Gasteiger partial charge in [-0.25, -0.2) is 4.21 Å². The van der Waals surface area contributed by atoms with Gasteiger partial charge in [0.25, 0.3) is 0 Å². The van der Waals surface area contributed by atoms with Crippen LogP contribution in [0.15, 0.2) is 0 Å². The largest absolute Gasteiger partial charge is 0.287 e. The topological polar surface area (TPSA) is 26.3 Å². The lowest BCUT2D eigenvalue weighted by Gasteiger charge is -2.19. The Labute approximate surface area is 68.4 Å². The van der Waals surface area contributed by atoms with E-state index in [1.165, 1.54) is 0 Å². The molecule has 1 heterocycles. The molecule has 0 spiro atoms. The third-order valence-electron chi connectivity index (χ3n) is 1.44. The Bertz CT molecular complexity index is 121. The Hall–Kier alpha value is 0.460. The summed E-state index contributed by atoms with van der Waals surface area (Å²) >= 11 is 0.874. The zero-order valence-corrected chi connectivity index (χ0v) is 7.67. The first-order chi connectivity index (χ1) is 4.79. The minimum Gasteiger partial charge on any atom is -0.287 e. The molecule has 0 radical (unpaired) electrons. The lowest BCUT2D eigenvalue weighted by atomic mass is 10.2. The third-order valence-corrected chi connectivity index (χ3v) is 3.03. The number of thioether (sulfide) groups is 1. The second kappa shape index (κ2) is 4.36. The number of hydrogen-bond acceptors (Lipinski definition) is 3. The second-order valence-corrected chi connectivity index (χ2v) is 4.53. The normalized spacial score (nSPS) is 24.5. The molecule has 10 heavy (non-hydrogen) atoms. The van der Waals surface area contributed by atoms with E-state index in [0.717, 1.165) is 24.3 Å². The Morgan fingerprint density at radius 2 is 2.10 bits per heavy atom. The fourth-order valence-electron chi connectivity index (χ4n) is 0.964. The van der Waals surface area contributed by atoms with Crippen LogP contribution in [0, 0.1) is 0 Å². The molecule has 1 rings (SSSR count). The van der Waals surface area contributed by atoms with Gasteiger partial charge in [0.2, 0.25) is 0 Å². The Kier molecular flexibility index (Phi) is 3.73. The summed E-state index contributed by atoms with van der Waals surface area (Å²) in [5, 5.41) is 0. The van der Waals surface area contributed by atoms with E-state index in [1.807, 2.05) is 11.8 Å². The summed E-state index contributed by atoms with van der Waals surface area (Å²) in [6, 6.07) is 0. The molecule has 1 atom stereocenters. The summed E-state index contributed by atoms with van der Waals surface area (Å²) in [6.07, 6.45) is 3.96. The van der Waals surface area contributed by atoms with E-state index in [0.29, 0.717) is 0 Å². The smallest absolute Gasteiger partial charge is 0.152 e. The zero-order valence-electron chi connectivity index (χ0n) is 6.04. The maximum Gasteiger partial charge on any atom is 0.152 e. The molecule has 1 fully saturated rings. The Morgan fingerprint density at radius 3 is 2.60 bits per heavy atom. The molecule has 0 bridgehead atoms. The number of hydrogen-bond donors (Lipinski definition) is 0. The van der Waals surface area contributed by atoms with Gasteiger partial charge in [0, 0.05) is 6.26 Å². The van der Waals surface area contributed by atoms with Gasteiger partial charge in [0.05, 0.1) is 6.10 Å². The van der Waals surface area contributed by atoms with Crippen LogP contribution >= 0.6 is 11.8 Å². The minimum absolute atomic E-state index is 0.257. The summed E-state index contributed by atoms with van der Waals surface area (Å²) < 4.78 is 15.7. The van der Waals surface area contributed by atoms with Crippen molar-refractivity contribution in [3.05, 3.63) is 0 Å². The lowest BCUT2D eigenvalue weighted by molar-refractivity contribution is 0.217. The predicted molar refractivity (Wildman–Crippen MR) is 45.5 cm³/mol. The molecule has 1 unspecified atom stereocenters. The Morgan fingerprint density at radius 1 is 1.50 bits per heavy atom. The molecule has 0 aromatic rings. The molecule has 4 heteroatoms. The van der Waals surface area contributed by atoms with E-state index in [9.17, 15) is 4.21 Å². The molecule has 60 valence electrons. The van der Waals surface area contributed by atoms with E-state index < -0.39 is 11.1 Å². The standard InChI is InChI=1S/C6H12O2S2/c1-10(7)8-6-2-4-9-5-3-6/h6H,2-5H2,1H3. The van der Waals surface area contributed by atoms with Gasteiger partial charge in [-0.05, 0) is 24.3 Å². The van der Waals surface area contributed by atoms with Gasteiger partial charge in [-0.2, -0.15) is 11.8 Å². The highest BCUT2D eigenvalue weighted by Gasteiger charge is 2.14. The molecule has 0 saturated carbocycles. The average molecular weight is 180 g/mol. The van der Waals surface area contributed by atoms with Gasteiger partial charge in [-0.1, -0.05) is 0 Å². The van der Waals surface area contributed by atoms with E-state index >= 15 is 0 Å². The molecule has 2 nitrogen and oxygen atoms in total. The predicted octanol–water partition coefficient (Wildman–Crippen LogP) is 1.19. The highest BCUT2D eigenvalue weighted by molar-refractivity contribution is 7.99. The van der Waals surface area contributed by atoms with Crippen molar-refractivity contribution in [1.29, 1.82) is 0 Å². The van der Waals surface area contributed by atoms with Gasteiger partial charge in [0.1, 0.15) is 0 Å². The van der Waals surface area contributed by atoms with Crippen molar-refractivity contribution < 1.29 is 8.39 Å². The van der Waals surface area contributed by atoms with Crippen molar-refractivity contribution in [2.45, 2.75) is 18.9 Å². The van der Waals surface area contributed by atoms with Crippen molar-refractivity contribution in [2.75, 3.05) is 17.8 Å². The molecule has 1 saturated heterocycles. The highest BCUT2D eigenvalue weighted by atomic mass is 32.2. The van der Waals surface area contributed by atoms with Crippen LogP contribution < -0.4 is 0 Å². The first-order valence-electron chi connectivity index (χ1n) is 3.37. The van der Waals surface area contributed by atoms with Gasteiger partial charge >= 0.3 is 0 Å². The fraction of sp³-hybridized carbons (Fsp3) is 1.00. The van der Waals surface area contributed by atoms with Crippen molar-refractivity contribution in [3.8, 4) is 0 Å². The van der Waals surface area contributed by atoms with Gasteiger partial charge in [-0.15, -0.1) is 0 Å². The summed E-state index contributed by atoms with van der Waals surface area (Å²) in [4.78, 5) is 0.